The maximum absolute atomic E-state index is 6.12. The quantitative estimate of drug-likeness (QED) is 0.837. The third-order valence-corrected chi connectivity index (χ3v) is 3.72. The minimum Gasteiger partial charge on any atom is -0.368 e. The van der Waals surface area contributed by atoms with E-state index in [9.17, 15) is 0 Å². The van der Waals surface area contributed by atoms with Crippen molar-refractivity contribution in [1.82, 2.24) is 9.97 Å². The predicted molar refractivity (Wildman–Crippen MR) is 71.2 cm³/mol. The van der Waals surface area contributed by atoms with E-state index in [1.165, 1.54) is 6.42 Å². The summed E-state index contributed by atoms with van der Waals surface area (Å²) < 4.78 is 0. The van der Waals surface area contributed by atoms with Gasteiger partial charge in [0, 0.05) is 13.1 Å². The van der Waals surface area contributed by atoms with Gasteiger partial charge in [0.25, 0.3) is 0 Å². The monoisotopic (exact) mass is 254 g/mol. The Bertz CT molecular complexity index is 413. The molecule has 0 bridgehead atoms. The number of nitrogens with zero attached hydrogens (tertiary/aromatic N) is 3. The molecular formula is C12H19ClN4. The van der Waals surface area contributed by atoms with Gasteiger partial charge in [0.15, 0.2) is 5.82 Å². The Labute approximate surface area is 107 Å². The van der Waals surface area contributed by atoms with Crippen molar-refractivity contribution in [3.63, 3.8) is 0 Å². The maximum atomic E-state index is 6.12. The van der Waals surface area contributed by atoms with Crippen molar-refractivity contribution >= 4 is 23.4 Å². The molecule has 1 aliphatic rings. The third kappa shape index (κ3) is 2.63. The van der Waals surface area contributed by atoms with Gasteiger partial charge in [-0.05, 0) is 17.8 Å². The topological polar surface area (TPSA) is 55.0 Å². The lowest BCUT2D eigenvalue weighted by Gasteiger charge is -2.27. The first-order valence-electron chi connectivity index (χ1n) is 5.91. The average molecular weight is 255 g/mol. The molecule has 1 aliphatic heterocycles. The molecule has 1 saturated heterocycles. The molecule has 0 spiro atoms. The largest absolute Gasteiger partial charge is 0.368 e. The SMILES string of the molecule is CC(C)(C)C1CCN(c2nc(N)ncc2Cl)C1. The Kier molecular flexibility index (Phi) is 3.17. The van der Waals surface area contributed by atoms with E-state index in [1.807, 2.05) is 0 Å². The second-order valence-electron chi connectivity index (χ2n) is 5.70. The Morgan fingerprint density at radius 2 is 2.18 bits per heavy atom. The van der Waals surface area contributed by atoms with Crippen LogP contribution in [0.15, 0.2) is 6.20 Å². The molecule has 4 nitrogen and oxygen atoms in total. The third-order valence-electron chi connectivity index (χ3n) is 3.46. The molecule has 0 amide bonds. The number of halogens is 1. The fraction of sp³-hybridized carbons (Fsp3) is 0.667. The summed E-state index contributed by atoms with van der Waals surface area (Å²) >= 11 is 6.12. The average Bonchev–Trinajstić information content (AvgIpc) is 2.70. The van der Waals surface area contributed by atoms with Crippen LogP contribution in [0, 0.1) is 11.3 Å². The second kappa shape index (κ2) is 4.33. The molecule has 2 N–H and O–H groups in total. The van der Waals surface area contributed by atoms with E-state index in [4.69, 9.17) is 17.3 Å². The molecule has 1 atom stereocenters. The van der Waals surface area contributed by atoms with E-state index < -0.39 is 0 Å². The summed E-state index contributed by atoms with van der Waals surface area (Å²) in [7, 11) is 0. The van der Waals surface area contributed by atoms with Crippen LogP contribution in [-0.4, -0.2) is 23.1 Å². The maximum Gasteiger partial charge on any atom is 0.222 e. The summed E-state index contributed by atoms with van der Waals surface area (Å²) in [6.07, 6.45) is 2.74. The normalized spacial score (nSPS) is 20.9. The van der Waals surface area contributed by atoms with Crippen LogP contribution in [0.2, 0.25) is 5.02 Å². The Balaban J connectivity index is 2.18. The van der Waals surface area contributed by atoms with Crippen molar-refractivity contribution in [1.29, 1.82) is 0 Å². The van der Waals surface area contributed by atoms with E-state index in [1.54, 1.807) is 6.20 Å². The van der Waals surface area contributed by atoms with Gasteiger partial charge in [0.05, 0.1) is 6.20 Å². The van der Waals surface area contributed by atoms with Crippen molar-refractivity contribution in [2.75, 3.05) is 23.7 Å². The van der Waals surface area contributed by atoms with Gasteiger partial charge < -0.3 is 10.6 Å². The van der Waals surface area contributed by atoms with Gasteiger partial charge in [0.2, 0.25) is 5.95 Å². The second-order valence-corrected chi connectivity index (χ2v) is 6.10. The first kappa shape index (κ1) is 12.4. The number of rotatable bonds is 1. The molecule has 0 aliphatic carbocycles. The molecule has 17 heavy (non-hydrogen) atoms. The molecular weight excluding hydrogens is 236 g/mol. The molecule has 0 radical (unpaired) electrons. The zero-order chi connectivity index (χ0) is 12.6. The van der Waals surface area contributed by atoms with Crippen LogP contribution >= 0.6 is 11.6 Å². The highest BCUT2D eigenvalue weighted by Gasteiger charge is 2.33. The molecule has 1 aromatic rings. The summed E-state index contributed by atoms with van der Waals surface area (Å²) in [5.74, 6) is 1.71. The summed E-state index contributed by atoms with van der Waals surface area (Å²) in [4.78, 5) is 10.3. The van der Waals surface area contributed by atoms with Crippen molar-refractivity contribution in [3.05, 3.63) is 11.2 Å². The number of nitrogen functional groups attached to an aromatic ring is 1. The molecule has 1 fully saturated rings. The van der Waals surface area contributed by atoms with Crippen molar-refractivity contribution < 1.29 is 0 Å². The lowest BCUT2D eigenvalue weighted by atomic mass is 9.80. The summed E-state index contributed by atoms with van der Waals surface area (Å²) in [5.41, 5.74) is 5.93. The minimum absolute atomic E-state index is 0.281. The first-order chi connectivity index (χ1) is 7.88. The summed E-state index contributed by atoms with van der Waals surface area (Å²) in [6.45, 7) is 8.79. The van der Waals surface area contributed by atoms with Crippen molar-refractivity contribution in [2.45, 2.75) is 27.2 Å². The Morgan fingerprint density at radius 3 is 2.76 bits per heavy atom. The van der Waals surface area contributed by atoms with Crippen LogP contribution in [0.1, 0.15) is 27.2 Å². The highest BCUT2D eigenvalue weighted by Crippen LogP contribution is 2.36. The van der Waals surface area contributed by atoms with Crippen molar-refractivity contribution in [2.24, 2.45) is 11.3 Å². The van der Waals surface area contributed by atoms with Gasteiger partial charge in [-0.2, -0.15) is 4.98 Å². The molecule has 5 heteroatoms. The Morgan fingerprint density at radius 1 is 1.47 bits per heavy atom. The molecule has 0 aromatic carbocycles. The van der Waals surface area contributed by atoms with Crippen LogP contribution in [-0.2, 0) is 0 Å². The summed E-state index contributed by atoms with van der Waals surface area (Å²) in [6, 6.07) is 0. The first-order valence-corrected chi connectivity index (χ1v) is 6.28. The van der Waals surface area contributed by atoms with Crippen molar-refractivity contribution in [3.8, 4) is 0 Å². The highest BCUT2D eigenvalue weighted by molar-refractivity contribution is 6.32. The minimum atomic E-state index is 0.281. The van der Waals surface area contributed by atoms with Gasteiger partial charge in [-0.15, -0.1) is 0 Å². The molecule has 94 valence electrons. The van der Waals surface area contributed by atoms with E-state index in [0.29, 0.717) is 16.4 Å². The van der Waals surface area contributed by atoms with E-state index in [-0.39, 0.29) is 5.95 Å². The van der Waals surface area contributed by atoms with Gasteiger partial charge in [-0.3, -0.25) is 0 Å². The number of aromatic nitrogens is 2. The molecule has 2 heterocycles. The van der Waals surface area contributed by atoms with Gasteiger partial charge in [-0.1, -0.05) is 32.4 Å². The molecule has 0 saturated carbocycles. The predicted octanol–water partition coefficient (Wildman–Crippen LogP) is 2.58. The van der Waals surface area contributed by atoms with E-state index in [0.717, 1.165) is 18.9 Å². The van der Waals surface area contributed by atoms with Crippen LogP contribution in [0.25, 0.3) is 0 Å². The zero-order valence-corrected chi connectivity index (χ0v) is 11.3. The van der Waals surface area contributed by atoms with Crippen LogP contribution in [0.4, 0.5) is 11.8 Å². The highest BCUT2D eigenvalue weighted by atomic mass is 35.5. The number of hydrogen-bond acceptors (Lipinski definition) is 4. The standard InChI is InChI=1S/C12H19ClN4/c1-12(2,3)8-4-5-17(7-8)10-9(13)6-15-11(14)16-10/h6,8H,4-5,7H2,1-3H3,(H2,14,15,16). The summed E-state index contributed by atoms with van der Waals surface area (Å²) in [5, 5.41) is 0.578. The molecule has 1 aromatic heterocycles. The number of anilines is 2. The Hall–Kier alpha value is -1.03. The van der Waals surface area contributed by atoms with Crippen LogP contribution in [0.3, 0.4) is 0 Å². The van der Waals surface area contributed by atoms with Gasteiger partial charge in [-0.25, -0.2) is 4.98 Å². The zero-order valence-electron chi connectivity index (χ0n) is 10.6. The fourth-order valence-corrected chi connectivity index (χ4v) is 2.46. The molecule has 1 unspecified atom stereocenters. The number of hydrogen-bond donors (Lipinski definition) is 1. The van der Waals surface area contributed by atoms with E-state index in [2.05, 4.69) is 35.6 Å². The van der Waals surface area contributed by atoms with Crippen LogP contribution < -0.4 is 10.6 Å². The van der Waals surface area contributed by atoms with E-state index >= 15 is 0 Å². The van der Waals surface area contributed by atoms with Gasteiger partial charge >= 0.3 is 0 Å². The lowest BCUT2D eigenvalue weighted by Crippen LogP contribution is -2.26. The van der Waals surface area contributed by atoms with Gasteiger partial charge in [0.1, 0.15) is 5.02 Å². The molecule has 2 rings (SSSR count). The smallest absolute Gasteiger partial charge is 0.222 e. The fourth-order valence-electron chi connectivity index (χ4n) is 2.25. The lowest BCUT2D eigenvalue weighted by molar-refractivity contribution is 0.263. The van der Waals surface area contributed by atoms with Crippen LogP contribution in [0.5, 0.6) is 0 Å². The number of nitrogens with two attached hydrogens (primary N) is 1.